The van der Waals surface area contributed by atoms with E-state index in [1.807, 2.05) is 11.9 Å². The van der Waals surface area contributed by atoms with Gasteiger partial charge in [-0.3, -0.25) is 10.1 Å². The topological polar surface area (TPSA) is 110 Å². The van der Waals surface area contributed by atoms with E-state index in [1.54, 1.807) is 0 Å². The number of nitrogen functional groups attached to an aromatic ring is 1. The third-order valence-corrected chi connectivity index (χ3v) is 5.26. The highest BCUT2D eigenvalue weighted by Crippen LogP contribution is 2.26. The third kappa shape index (κ3) is 2.74. The predicted octanol–water partition coefficient (Wildman–Crippen LogP) is 0.113. The van der Waals surface area contributed by atoms with Gasteiger partial charge in [0.15, 0.2) is 0 Å². The molecule has 1 aliphatic heterocycles. The number of likely N-dealkylation sites (N-methyl/N-ethyl adjacent to an activating group) is 1. The Morgan fingerprint density at radius 1 is 1.25 bits per heavy atom. The molecule has 0 saturated carbocycles. The first kappa shape index (κ1) is 14.7. The van der Waals surface area contributed by atoms with Gasteiger partial charge in [-0.25, -0.2) is 8.42 Å². The standard InChI is InChI=1S/C11H16N4O4S/c1-13-4-6-14(7-5-13)20(18,19)11-3-2-9(15(16)17)8-10(11)12/h2-3,8H,4-7,12H2,1H3. The zero-order valence-electron chi connectivity index (χ0n) is 11.0. The van der Waals surface area contributed by atoms with Crippen LogP contribution in [0.5, 0.6) is 0 Å². The van der Waals surface area contributed by atoms with Crippen molar-refractivity contribution in [2.45, 2.75) is 4.90 Å². The summed E-state index contributed by atoms with van der Waals surface area (Å²) in [4.78, 5) is 12.0. The maximum absolute atomic E-state index is 12.5. The number of nitrogens with two attached hydrogens (primary N) is 1. The molecule has 0 bridgehead atoms. The average molecular weight is 300 g/mol. The Bertz CT molecular complexity index is 623. The Labute approximate surface area is 117 Å². The first-order valence-corrected chi connectivity index (χ1v) is 7.49. The summed E-state index contributed by atoms with van der Waals surface area (Å²) in [6.07, 6.45) is 0. The molecular weight excluding hydrogens is 284 g/mol. The monoisotopic (exact) mass is 300 g/mol. The lowest BCUT2D eigenvalue weighted by molar-refractivity contribution is -0.384. The first-order chi connectivity index (χ1) is 9.32. The maximum Gasteiger partial charge on any atom is 0.271 e. The number of benzene rings is 1. The Morgan fingerprint density at radius 3 is 2.35 bits per heavy atom. The van der Waals surface area contributed by atoms with Crippen LogP contribution in [0, 0.1) is 10.1 Å². The highest BCUT2D eigenvalue weighted by molar-refractivity contribution is 7.89. The number of hydrogen-bond donors (Lipinski definition) is 1. The second-order valence-electron chi connectivity index (χ2n) is 4.69. The molecule has 0 amide bonds. The number of nitro benzene ring substituents is 1. The van der Waals surface area contributed by atoms with Gasteiger partial charge in [-0.1, -0.05) is 0 Å². The lowest BCUT2D eigenvalue weighted by Crippen LogP contribution is -2.47. The maximum atomic E-state index is 12.5. The molecule has 1 fully saturated rings. The quantitative estimate of drug-likeness (QED) is 0.482. The number of nitrogens with zero attached hydrogens (tertiary/aromatic N) is 3. The van der Waals surface area contributed by atoms with E-state index in [2.05, 4.69) is 0 Å². The van der Waals surface area contributed by atoms with Crippen LogP contribution in [-0.2, 0) is 10.0 Å². The summed E-state index contributed by atoms with van der Waals surface area (Å²) in [6, 6.07) is 3.42. The Hall–Kier alpha value is -1.71. The van der Waals surface area contributed by atoms with Crippen molar-refractivity contribution in [2.75, 3.05) is 39.0 Å². The van der Waals surface area contributed by atoms with Crippen molar-refractivity contribution in [3.05, 3.63) is 28.3 Å². The number of hydrogen-bond acceptors (Lipinski definition) is 6. The Kier molecular flexibility index (Phi) is 3.93. The van der Waals surface area contributed by atoms with E-state index in [0.717, 1.165) is 12.1 Å². The Morgan fingerprint density at radius 2 is 1.85 bits per heavy atom. The highest BCUT2D eigenvalue weighted by Gasteiger charge is 2.29. The molecule has 0 aliphatic carbocycles. The van der Waals surface area contributed by atoms with Crippen LogP contribution in [-0.4, -0.2) is 55.8 Å². The molecule has 8 nitrogen and oxygen atoms in total. The van der Waals surface area contributed by atoms with Gasteiger partial charge in [-0.2, -0.15) is 4.31 Å². The fourth-order valence-electron chi connectivity index (χ4n) is 2.05. The molecule has 0 unspecified atom stereocenters. The molecule has 0 radical (unpaired) electrons. The normalized spacial score (nSPS) is 18.1. The van der Waals surface area contributed by atoms with Crippen LogP contribution in [0.1, 0.15) is 0 Å². The minimum Gasteiger partial charge on any atom is -0.397 e. The summed E-state index contributed by atoms with van der Waals surface area (Å²) in [5, 5.41) is 10.6. The summed E-state index contributed by atoms with van der Waals surface area (Å²) < 4.78 is 26.3. The van der Waals surface area contributed by atoms with Crippen molar-refractivity contribution in [1.29, 1.82) is 0 Å². The largest absolute Gasteiger partial charge is 0.397 e. The number of anilines is 1. The molecule has 0 spiro atoms. The van der Waals surface area contributed by atoms with Gasteiger partial charge < -0.3 is 10.6 Å². The Balaban J connectivity index is 2.32. The summed E-state index contributed by atoms with van der Waals surface area (Å²) in [7, 11) is -1.78. The molecule has 2 rings (SSSR count). The van der Waals surface area contributed by atoms with Gasteiger partial charge in [0.25, 0.3) is 5.69 Å². The van der Waals surface area contributed by atoms with E-state index in [9.17, 15) is 18.5 Å². The van der Waals surface area contributed by atoms with Gasteiger partial charge >= 0.3 is 0 Å². The van der Waals surface area contributed by atoms with E-state index in [1.165, 1.54) is 10.4 Å². The highest BCUT2D eigenvalue weighted by atomic mass is 32.2. The lowest BCUT2D eigenvalue weighted by Gasteiger charge is -2.31. The molecule has 1 saturated heterocycles. The van der Waals surface area contributed by atoms with Gasteiger partial charge in [0.05, 0.1) is 10.6 Å². The van der Waals surface area contributed by atoms with Gasteiger partial charge in [0.1, 0.15) is 4.90 Å². The molecule has 1 aromatic carbocycles. The van der Waals surface area contributed by atoms with E-state index in [4.69, 9.17) is 5.73 Å². The number of piperazine rings is 1. The van der Waals surface area contributed by atoms with Crippen LogP contribution in [0.2, 0.25) is 0 Å². The van der Waals surface area contributed by atoms with Crippen LogP contribution in [0.25, 0.3) is 0 Å². The molecule has 1 aromatic rings. The van der Waals surface area contributed by atoms with Crippen molar-refractivity contribution in [3.8, 4) is 0 Å². The fraction of sp³-hybridized carbons (Fsp3) is 0.455. The van der Waals surface area contributed by atoms with E-state index in [-0.39, 0.29) is 16.3 Å². The molecule has 9 heteroatoms. The fourth-order valence-corrected chi connectivity index (χ4v) is 3.57. The van der Waals surface area contributed by atoms with Crippen LogP contribution in [0.4, 0.5) is 11.4 Å². The van der Waals surface area contributed by atoms with E-state index in [0.29, 0.717) is 26.2 Å². The first-order valence-electron chi connectivity index (χ1n) is 6.05. The third-order valence-electron chi connectivity index (χ3n) is 3.28. The summed E-state index contributed by atoms with van der Waals surface area (Å²) >= 11 is 0. The van der Waals surface area contributed by atoms with Gasteiger partial charge in [-0.05, 0) is 13.1 Å². The molecule has 110 valence electrons. The van der Waals surface area contributed by atoms with E-state index < -0.39 is 14.9 Å². The van der Waals surface area contributed by atoms with E-state index >= 15 is 0 Å². The van der Waals surface area contributed by atoms with Crippen molar-refractivity contribution >= 4 is 21.4 Å². The second kappa shape index (κ2) is 5.35. The minimum absolute atomic E-state index is 0.0762. The number of rotatable bonds is 3. The molecule has 20 heavy (non-hydrogen) atoms. The van der Waals surface area contributed by atoms with Crippen LogP contribution in [0.3, 0.4) is 0 Å². The summed E-state index contributed by atoms with van der Waals surface area (Å²) in [6.45, 7) is 2.06. The van der Waals surface area contributed by atoms with Crippen molar-refractivity contribution in [1.82, 2.24) is 9.21 Å². The average Bonchev–Trinajstić information content (AvgIpc) is 2.38. The van der Waals surface area contributed by atoms with Crippen LogP contribution in [0.15, 0.2) is 23.1 Å². The molecule has 1 aliphatic rings. The molecule has 0 atom stereocenters. The minimum atomic E-state index is -3.70. The zero-order chi connectivity index (χ0) is 14.9. The van der Waals surface area contributed by atoms with Crippen molar-refractivity contribution in [2.24, 2.45) is 0 Å². The predicted molar refractivity (Wildman–Crippen MR) is 73.8 cm³/mol. The number of non-ortho nitro benzene ring substituents is 1. The van der Waals surface area contributed by atoms with Crippen molar-refractivity contribution in [3.63, 3.8) is 0 Å². The van der Waals surface area contributed by atoms with Gasteiger partial charge in [0, 0.05) is 38.3 Å². The zero-order valence-corrected chi connectivity index (χ0v) is 11.8. The summed E-state index contributed by atoms with van der Waals surface area (Å²) in [5.74, 6) is 0. The van der Waals surface area contributed by atoms with Gasteiger partial charge in [0.2, 0.25) is 10.0 Å². The number of nitro groups is 1. The van der Waals surface area contributed by atoms with Crippen molar-refractivity contribution < 1.29 is 13.3 Å². The lowest BCUT2D eigenvalue weighted by atomic mass is 10.3. The van der Waals surface area contributed by atoms with Crippen LogP contribution >= 0.6 is 0 Å². The second-order valence-corrected chi connectivity index (χ2v) is 6.59. The molecule has 1 heterocycles. The molecular formula is C11H16N4O4S. The SMILES string of the molecule is CN1CCN(S(=O)(=O)c2ccc([N+](=O)[O-])cc2N)CC1. The molecule has 2 N–H and O–H groups in total. The summed E-state index contributed by atoms with van der Waals surface area (Å²) in [5.41, 5.74) is 5.34. The van der Waals surface area contributed by atoms with Gasteiger partial charge in [-0.15, -0.1) is 0 Å². The molecule has 0 aromatic heterocycles. The number of sulfonamides is 1. The van der Waals surface area contributed by atoms with Crippen LogP contribution < -0.4 is 5.73 Å². The smallest absolute Gasteiger partial charge is 0.271 e.